The standard InChI is InChI=1S/C30H37FN2O2/c1-6-32(7-2)29-26(12-10-14-28(29)35-21-30(3,4)5)33-24(22-15-17-23(31)18-16-22)19-20-34-27-13-9-8-11-25(27)33/h8-18,24H,6-7,19-21H2,1-5H3. The lowest BCUT2D eigenvalue weighted by Gasteiger charge is -2.37. The van der Waals surface area contributed by atoms with Crippen LogP contribution in [0.5, 0.6) is 11.5 Å². The van der Waals surface area contributed by atoms with Crippen LogP contribution in [-0.4, -0.2) is 26.3 Å². The van der Waals surface area contributed by atoms with Crippen LogP contribution in [0, 0.1) is 11.2 Å². The minimum atomic E-state index is -0.230. The SMILES string of the molecule is CCN(CC)c1c(OCC(C)(C)C)cccc1N1c2ccccc2OCCC1c1ccc(F)cc1. The maximum Gasteiger partial charge on any atom is 0.144 e. The number of fused-ring (bicyclic) bond motifs is 1. The summed E-state index contributed by atoms with van der Waals surface area (Å²) in [5.41, 5.74) is 4.23. The maximum atomic E-state index is 13.8. The smallest absolute Gasteiger partial charge is 0.144 e. The summed E-state index contributed by atoms with van der Waals surface area (Å²) in [4.78, 5) is 4.70. The molecule has 0 aliphatic carbocycles. The lowest BCUT2D eigenvalue weighted by molar-refractivity contribution is 0.198. The highest BCUT2D eigenvalue weighted by atomic mass is 19.1. The number of nitrogens with zero attached hydrogens (tertiary/aromatic N) is 2. The van der Waals surface area contributed by atoms with Crippen LogP contribution in [0.1, 0.15) is 52.6 Å². The first-order valence-electron chi connectivity index (χ1n) is 12.6. The Labute approximate surface area is 209 Å². The molecule has 4 rings (SSSR count). The van der Waals surface area contributed by atoms with E-state index >= 15 is 0 Å². The molecule has 0 radical (unpaired) electrons. The van der Waals surface area contributed by atoms with Gasteiger partial charge < -0.3 is 19.3 Å². The predicted octanol–water partition coefficient (Wildman–Crippen LogP) is 7.76. The van der Waals surface area contributed by atoms with Crippen LogP contribution < -0.4 is 19.3 Å². The Bertz CT molecular complexity index is 1120. The summed E-state index contributed by atoms with van der Waals surface area (Å²) >= 11 is 0. The van der Waals surface area contributed by atoms with Crippen LogP contribution in [0.2, 0.25) is 0 Å². The van der Waals surface area contributed by atoms with Crippen molar-refractivity contribution in [2.75, 3.05) is 36.1 Å². The molecule has 35 heavy (non-hydrogen) atoms. The molecule has 0 amide bonds. The number of rotatable bonds is 7. The number of ether oxygens (including phenoxy) is 2. The average molecular weight is 477 g/mol. The van der Waals surface area contributed by atoms with Crippen molar-refractivity contribution in [3.05, 3.63) is 78.1 Å². The Morgan fingerprint density at radius 2 is 1.63 bits per heavy atom. The number of para-hydroxylation sites is 3. The van der Waals surface area contributed by atoms with Crippen molar-refractivity contribution >= 4 is 17.1 Å². The third kappa shape index (κ3) is 5.55. The van der Waals surface area contributed by atoms with E-state index in [0.717, 1.165) is 53.6 Å². The Kier molecular flexibility index (Phi) is 7.54. The van der Waals surface area contributed by atoms with E-state index in [1.165, 1.54) is 0 Å². The molecule has 0 N–H and O–H groups in total. The number of anilines is 3. The molecule has 1 unspecified atom stereocenters. The van der Waals surface area contributed by atoms with Gasteiger partial charge >= 0.3 is 0 Å². The first-order chi connectivity index (χ1) is 16.8. The molecule has 0 fully saturated rings. The number of hydrogen-bond donors (Lipinski definition) is 0. The average Bonchev–Trinajstić information content (AvgIpc) is 3.03. The first kappa shape index (κ1) is 24.9. The zero-order chi connectivity index (χ0) is 25.0. The second-order valence-electron chi connectivity index (χ2n) is 10.2. The van der Waals surface area contributed by atoms with Gasteiger partial charge in [-0.05, 0) is 61.2 Å². The van der Waals surface area contributed by atoms with Crippen molar-refractivity contribution in [1.82, 2.24) is 0 Å². The lowest BCUT2D eigenvalue weighted by atomic mass is 9.98. The first-order valence-corrected chi connectivity index (χ1v) is 12.6. The van der Waals surface area contributed by atoms with Crippen LogP contribution >= 0.6 is 0 Å². The molecule has 3 aromatic rings. The molecule has 1 aliphatic rings. The molecule has 0 aromatic heterocycles. The molecule has 3 aromatic carbocycles. The Morgan fingerprint density at radius 1 is 0.943 bits per heavy atom. The number of hydrogen-bond acceptors (Lipinski definition) is 4. The van der Waals surface area contributed by atoms with Crippen molar-refractivity contribution < 1.29 is 13.9 Å². The van der Waals surface area contributed by atoms with Crippen molar-refractivity contribution in [2.45, 2.75) is 47.1 Å². The monoisotopic (exact) mass is 476 g/mol. The van der Waals surface area contributed by atoms with E-state index in [0.29, 0.717) is 13.2 Å². The lowest BCUT2D eigenvalue weighted by Crippen LogP contribution is -2.29. The minimum Gasteiger partial charge on any atom is -0.491 e. The van der Waals surface area contributed by atoms with Crippen LogP contribution in [0.25, 0.3) is 0 Å². The van der Waals surface area contributed by atoms with Gasteiger partial charge in [0.15, 0.2) is 0 Å². The summed E-state index contributed by atoms with van der Waals surface area (Å²) in [5, 5.41) is 0. The number of halogens is 1. The highest BCUT2D eigenvalue weighted by molar-refractivity contribution is 5.84. The van der Waals surface area contributed by atoms with E-state index in [-0.39, 0.29) is 17.3 Å². The van der Waals surface area contributed by atoms with E-state index in [9.17, 15) is 4.39 Å². The van der Waals surface area contributed by atoms with Gasteiger partial charge in [-0.1, -0.05) is 51.1 Å². The van der Waals surface area contributed by atoms with Gasteiger partial charge in [-0.25, -0.2) is 4.39 Å². The highest BCUT2D eigenvalue weighted by Crippen LogP contribution is 2.49. The van der Waals surface area contributed by atoms with Gasteiger partial charge in [0.1, 0.15) is 23.0 Å². The maximum absolute atomic E-state index is 13.8. The largest absolute Gasteiger partial charge is 0.491 e. The second-order valence-corrected chi connectivity index (χ2v) is 10.2. The Morgan fingerprint density at radius 3 is 2.31 bits per heavy atom. The number of benzene rings is 3. The molecular formula is C30H37FN2O2. The molecule has 0 saturated heterocycles. The Balaban J connectivity index is 1.93. The van der Waals surface area contributed by atoms with Crippen LogP contribution in [0.4, 0.5) is 21.5 Å². The van der Waals surface area contributed by atoms with E-state index in [1.807, 2.05) is 30.3 Å². The van der Waals surface area contributed by atoms with Gasteiger partial charge in [0.05, 0.1) is 30.6 Å². The third-order valence-corrected chi connectivity index (χ3v) is 6.32. The molecule has 186 valence electrons. The zero-order valence-electron chi connectivity index (χ0n) is 21.6. The highest BCUT2D eigenvalue weighted by Gasteiger charge is 2.31. The van der Waals surface area contributed by atoms with Crippen molar-refractivity contribution in [3.8, 4) is 11.5 Å². The minimum absolute atomic E-state index is 0.0218. The van der Waals surface area contributed by atoms with Crippen LogP contribution in [-0.2, 0) is 0 Å². The fourth-order valence-electron chi connectivity index (χ4n) is 4.63. The summed E-state index contributed by atoms with van der Waals surface area (Å²) < 4.78 is 26.5. The fraction of sp³-hybridized carbons (Fsp3) is 0.400. The normalized spacial score (nSPS) is 15.7. The van der Waals surface area contributed by atoms with Crippen LogP contribution in [0.15, 0.2) is 66.7 Å². The summed E-state index contributed by atoms with van der Waals surface area (Å²) in [7, 11) is 0. The second kappa shape index (κ2) is 10.6. The zero-order valence-corrected chi connectivity index (χ0v) is 21.6. The van der Waals surface area contributed by atoms with Crippen molar-refractivity contribution in [1.29, 1.82) is 0 Å². The molecule has 4 nitrogen and oxygen atoms in total. The van der Waals surface area contributed by atoms with Gasteiger partial charge in [-0.3, -0.25) is 0 Å². The van der Waals surface area contributed by atoms with Gasteiger partial charge in [-0.2, -0.15) is 0 Å². The topological polar surface area (TPSA) is 24.9 Å². The van der Waals surface area contributed by atoms with Gasteiger partial charge in [0.2, 0.25) is 0 Å². The van der Waals surface area contributed by atoms with E-state index in [4.69, 9.17) is 9.47 Å². The molecule has 0 saturated carbocycles. The molecule has 1 heterocycles. The van der Waals surface area contributed by atoms with Crippen molar-refractivity contribution in [3.63, 3.8) is 0 Å². The molecule has 1 atom stereocenters. The summed E-state index contributed by atoms with van der Waals surface area (Å²) in [5.74, 6) is 1.50. The molecule has 1 aliphatic heterocycles. The summed E-state index contributed by atoms with van der Waals surface area (Å²) in [6, 6.07) is 21.3. The van der Waals surface area contributed by atoms with Crippen molar-refractivity contribution in [2.24, 2.45) is 5.41 Å². The van der Waals surface area contributed by atoms with E-state index in [1.54, 1.807) is 12.1 Å². The van der Waals surface area contributed by atoms with E-state index < -0.39 is 0 Å². The Hall–Kier alpha value is -3.21. The predicted molar refractivity (Wildman–Crippen MR) is 143 cm³/mol. The summed E-state index contributed by atoms with van der Waals surface area (Å²) in [6.45, 7) is 13.8. The third-order valence-electron chi connectivity index (χ3n) is 6.32. The van der Waals surface area contributed by atoms with Gasteiger partial charge in [0, 0.05) is 19.5 Å². The molecule has 0 bridgehead atoms. The van der Waals surface area contributed by atoms with Gasteiger partial charge in [-0.15, -0.1) is 0 Å². The molecular weight excluding hydrogens is 439 g/mol. The quantitative estimate of drug-likeness (QED) is 0.348. The van der Waals surface area contributed by atoms with Gasteiger partial charge in [0.25, 0.3) is 0 Å². The fourth-order valence-corrected chi connectivity index (χ4v) is 4.63. The van der Waals surface area contributed by atoms with E-state index in [2.05, 4.69) is 68.7 Å². The molecule has 5 heteroatoms. The molecule has 0 spiro atoms. The summed E-state index contributed by atoms with van der Waals surface area (Å²) in [6.07, 6.45) is 0.769. The van der Waals surface area contributed by atoms with Crippen LogP contribution in [0.3, 0.4) is 0 Å².